The van der Waals surface area contributed by atoms with Gasteiger partial charge in [0.15, 0.2) is 5.78 Å². The van der Waals surface area contributed by atoms with Crippen LogP contribution in [0.1, 0.15) is 23.2 Å². The Morgan fingerprint density at radius 1 is 1.75 bits per heavy atom. The van der Waals surface area contributed by atoms with Gasteiger partial charge < -0.3 is 9.30 Å². The van der Waals surface area contributed by atoms with Crippen molar-refractivity contribution < 1.29 is 9.53 Å². The zero-order valence-corrected chi connectivity index (χ0v) is 7.50. The molecular formula is C8H12N2O2. The molecule has 0 bridgehead atoms. The summed E-state index contributed by atoms with van der Waals surface area (Å²) in [6, 6.07) is 0. The standard InChI is InChI=1S/C8H12N2O2/c1-6(11)8-4-10(5-12-3)7(2)9-8/h4H,5H2,1-3H3. The predicted octanol–water partition coefficient (Wildman–Crippen LogP) is 0.998. The van der Waals surface area contributed by atoms with Gasteiger partial charge >= 0.3 is 0 Å². The van der Waals surface area contributed by atoms with Crippen LogP contribution in [0.5, 0.6) is 0 Å². The summed E-state index contributed by atoms with van der Waals surface area (Å²) in [5, 5.41) is 0. The first kappa shape index (κ1) is 8.93. The Bertz CT molecular complexity index is 291. The SMILES string of the molecule is COCn1cc(C(C)=O)nc1C. The van der Waals surface area contributed by atoms with Crippen LogP contribution in [0.25, 0.3) is 0 Å². The molecule has 12 heavy (non-hydrogen) atoms. The van der Waals surface area contributed by atoms with Crippen molar-refractivity contribution in [1.29, 1.82) is 0 Å². The fraction of sp³-hybridized carbons (Fsp3) is 0.500. The van der Waals surface area contributed by atoms with Crippen LogP contribution in [0.4, 0.5) is 0 Å². The molecule has 0 N–H and O–H groups in total. The molecule has 0 saturated carbocycles. The fourth-order valence-electron chi connectivity index (χ4n) is 0.948. The lowest BCUT2D eigenvalue weighted by Crippen LogP contribution is -2.00. The summed E-state index contributed by atoms with van der Waals surface area (Å²) in [6.45, 7) is 3.77. The molecule has 1 heterocycles. The van der Waals surface area contributed by atoms with E-state index in [2.05, 4.69) is 4.98 Å². The number of nitrogens with zero attached hydrogens (tertiary/aromatic N) is 2. The van der Waals surface area contributed by atoms with Gasteiger partial charge in [-0.1, -0.05) is 0 Å². The lowest BCUT2D eigenvalue weighted by molar-refractivity contribution is 0.101. The molecule has 0 atom stereocenters. The van der Waals surface area contributed by atoms with Gasteiger partial charge in [0.25, 0.3) is 0 Å². The minimum absolute atomic E-state index is 0.0204. The summed E-state index contributed by atoms with van der Waals surface area (Å²) in [5.74, 6) is 0.773. The number of carbonyl (C=O) groups excluding carboxylic acids is 1. The van der Waals surface area contributed by atoms with Crippen molar-refractivity contribution in [1.82, 2.24) is 9.55 Å². The van der Waals surface area contributed by atoms with Crippen molar-refractivity contribution in [3.05, 3.63) is 17.7 Å². The molecule has 66 valence electrons. The quantitative estimate of drug-likeness (QED) is 0.632. The third-order valence-electron chi connectivity index (χ3n) is 1.60. The van der Waals surface area contributed by atoms with Crippen LogP contribution in [0.15, 0.2) is 6.20 Å². The highest BCUT2D eigenvalue weighted by atomic mass is 16.5. The van der Waals surface area contributed by atoms with Crippen molar-refractivity contribution >= 4 is 5.78 Å². The Morgan fingerprint density at radius 2 is 2.42 bits per heavy atom. The van der Waals surface area contributed by atoms with Gasteiger partial charge in [-0.2, -0.15) is 0 Å². The fourth-order valence-corrected chi connectivity index (χ4v) is 0.948. The number of imidazole rings is 1. The van der Waals surface area contributed by atoms with Crippen LogP contribution in [0.3, 0.4) is 0 Å². The highest BCUT2D eigenvalue weighted by Crippen LogP contribution is 2.02. The van der Waals surface area contributed by atoms with E-state index < -0.39 is 0 Å². The van der Waals surface area contributed by atoms with E-state index in [0.29, 0.717) is 12.4 Å². The van der Waals surface area contributed by atoms with Gasteiger partial charge in [-0.15, -0.1) is 0 Å². The van der Waals surface area contributed by atoms with E-state index in [1.54, 1.807) is 17.9 Å². The van der Waals surface area contributed by atoms with Crippen molar-refractivity contribution in [3.8, 4) is 0 Å². The van der Waals surface area contributed by atoms with Crippen molar-refractivity contribution in [3.63, 3.8) is 0 Å². The summed E-state index contributed by atoms with van der Waals surface area (Å²) in [6.07, 6.45) is 1.70. The zero-order valence-electron chi connectivity index (χ0n) is 7.50. The first-order valence-corrected chi connectivity index (χ1v) is 3.68. The molecule has 0 spiro atoms. The number of ether oxygens (including phenoxy) is 1. The number of carbonyl (C=O) groups is 1. The number of rotatable bonds is 3. The van der Waals surface area contributed by atoms with E-state index in [4.69, 9.17) is 4.74 Å². The Morgan fingerprint density at radius 3 is 2.83 bits per heavy atom. The van der Waals surface area contributed by atoms with Crippen LogP contribution in [0, 0.1) is 6.92 Å². The van der Waals surface area contributed by atoms with E-state index in [-0.39, 0.29) is 5.78 Å². The smallest absolute Gasteiger partial charge is 0.179 e. The topological polar surface area (TPSA) is 44.1 Å². The second kappa shape index (κ2) is 3.49. The molecule has 0 aliphatic rings. The largest absolute Gasteiger partial charge is 0.364 e. The van der Waals surface area contributed by atoms with E-state index in [1.165, 1.54) is 6.92 Å². The van der Waals surface area contributed by atoms with Crippen LogP contribution in [0.2, 0.25) is 0 Å². The van der Waals surface area contributed by atoms with E-state index >= 15 is 0 Å². The summed E-state index contributed by atoms with van der Waals surface area (Å²) < 4.78 is 6.70. The molecule has 0 aromatic carbocycles. The zero-order chi connectivity index (χ0) is 9.14. The number of Topliss-reactive ketones (excluding diaryl/α,β-unsaturated/α-hetero) is 1. The lowest BCUT2D eigenvalue weighted by Gasteiger charge is -2.00. The molecule has 1 rings (SSSR count). The maximum Gasteiger partial charge on any atom is 0.179 e. The first-order chi connectivity index (χ1) is 5.65. The van der Waals surface area contributed by atoms with E-state index in [9.17, 15) is 4.79 Å². The van der Waals surface area contributed by atoms with Crippen molar-refractivity contribution in [2.75, 3.05) is 7.11 Å². The van der Waals surface area contributed by atoms with Crippen molar-refractivity contribution in [2.24, 2.45) is 0 Å². The van der Waals surface area contributed by atoms with E-state index in [0.717, 1.165) is 5.82 Å². The Balaban J connectivity index is 2.92. The van der Waals surface area contributed by atoms with Gasteiger partial charge in [0.05, 0.1) is 0 Å². The second-order valence-corrected chi connectivity index (χ2v) is 2.62. The predicted molar refractivity (Wildman–Crippen MR) is 44.0 cm³/mol. The molecule has 0 radical (unpaired) electrons. The summed E-state index contributed by atoms with van der Waals surface area (Å²) in [5.41, 5.74) is 0.490. The van der Waals surface area contributed by atoms with E-state index in [1.807, 2.05) is 6.92 Å². The summed E-state index contributed by atoms with van der Waals surface area (Å²) >= 11 is 0. The third kappa shape index (κ3) is 1.71. The van der Waals surface area contributed by atoms with Gasteiger partial charge in [0, 0.05) is 20.2 Å². The minimum Gasteiger partial charge on any atom is -0.364 e. The Hall–Kier alpha value is -1.16. The van der Waals surface area contributed by atoms with Gasteiger partial charge in [0.1, 0.15) is 18.2 Å². The maximum absolute atomic E-state index is 10.9. The number of aromatic nitrogens is 2. The molecule has 0 aliphatic heterocycles. The highest BCUT2D eigenvalue weighted by molar-refractivity contribution is 5.91. The molecule has 0 amide bonds. The molecule has 1 aromatic rings. The number of methoxy groups -OCH3 is 1. The molecule has 0 unspecified atom stereocenters. The number of ketones is 1. The average molecular weight is 168 g/mol. The van der Waals surface area contributed by atoms with Gasteiger partial charge in [0.2, 0.25) is 0 Å². The van der Waals surface area contributed by atoms with Crippen LogP contribution < -0.4 is 0 Å². The Labute approximate surface area is 71.2 Å². The molecule has 4 heteroatoms. The molecule has 4 nitrogen and oxygen atoms in total. The normalized spacial score (nSPS) is 10.2. The van der Waals surface area contributed by atoms with Gasteiger partial charge in [-0.25, -0.2) is 4.98 Å². The lowest BCUT2D eigenvalue weighted by atomic mass is 10.3. The monoisotopic (exact) mass is 168 g/mol. The highest BCUT2D eigenvalue weighted by Gasteiger charge is 2.06. The first-order valence-electron chi connectivity index (χ1n) is 3.68. The average Bonchev–Trinajstić information content (AvgIpc) is 2.34. The Kier molecular flexibility index (Phi) is 2.60. The third-order valence-corrected chi connectivity index (χ3v) is 1.60. The van der Waals surface area contributed by atoms with Gasteiger partial charge in [-0.3, -0.25) is 4.79 Å². The van der Waals surface area contributed by atoms with Crippen molar-refractivity contribution in [2.45, 2.75) is 20.6 Å². The van der Waals surface area contributed by atoms with Gasteiger partial charge in [-0.05, 0) is 6.92 Å². The summed E-state index contributed by atoms with van der Waals surface area (Å²) in [7, 11) is 1.60. The van der Waals surface area contributed by atoms with Crippen LogP contribution in [-0.4, -0.2) is 22.4 Å². The van der Waals surface area contributed by atoms with Crippen LogP contribution >= 0.6 is 0 Å². The molecule has 0 saturated heterocycles. The summed E-state index contributed by atoms with van der Waals surface area (Å²) in [4.78, 5) is 15.0. The number of aryl methyl sites for hydroxylation is 1. The molecule has 1 aromatic heterocycles. The number of hydrogen-bond donors (Lipinski definition) is 0. The number of hydrogen-bond acceptors (Lipinski definition) is 3. The minimum atomic E-state index is -0.0204. The second-order valence-electron chi connectivity index (χ2n) is 2.62. The maximum atomic E-state index is 10.9. The molecule has 0 aliphatic carbocycles. The molecule has 0 fully saturated rings. The molecular weight excluding hydrogens is 156 g/mol. The van der Waals surface area contributed by atoms with Crippen LogP contribution in [-0.2, 0) is 11.5 Å².